The van der Waals surface area contributed by atoms with Crippen molar-refractivity contribution in [1.82, 2.24) is 14.9 Å². The van der Waals surface area contributed by atoms with Gasteiger partial charge in [0.25, 0.3) is 5.56 Å². The van der Waals surface area contributed by atoms with Crippen LogP contribution in [0.2, 0.25) is 0 Å². The van der Waals surface area contributed by atoms with E-state index < -0.39 is 0 Å². The summed E-state index contributed by atoms with van der Waals surface area (Å²) in [6.07, 6.45) is 5.97. The third-order valence-electron chi connectivity index (χ3n) is 6.06. The summed E-state index contributed by atoms with van der Waals surface area (Å²) >= 11 is 0. The lowest BCUT2D eigenvalue weighted by Gasteiger charge is -2.25. The van der Waals surface area contributed by atoms with Crippen molar-refractivity contribution in [2.45, 2.75) is 64.0 Å². The average Bonchev–Trinajstić information content (AvgIpc) is 3.41. The number of aryl methyl sites for hydroxylation is 1. The van der Waals surface area contributed by atoms with E-state index in [0.717, 1.165) is 56.5 Å². The van der Waals surface area contributed by atoms with Gasteiger partial charge in [0.05, 0.1) is 12.1 Å². The lowest BCUT2D eigenvalue weighted by Crippen LogP contribution is -2.33. The Labute approximate surface area is 171 Å². The zero-order valence-corrected chi connectivity index (χ0v) is 17.0. The van der Waals surface area contributed by atoms with Crippen LogP contribution in [0.5, 0.6) is 0 Å². The number of aromatic amines is 1. The first-order valence-corrected chi connectivity index (χ1v) is 10.7. The maximum absolute atomic E-state index is 12.8. The summed E-state index contributed by atoms with van der Waals surface area (Å²) < 4.78 is 5.64. The number of hydrogen-bond donors (Lipinski definition) is 1. The van der Waals surface area contributed by atoms with Crippen molar-refractivity contribution in [1.29, 1.82) is 0 Å². The third-order valence-corrected chi connectivity index (χ3v) is 6.06. The van der Waals surface area contributed by atoms with Crippen molar-refractivity contribution in [2.24, 2.45) is 0 Å². The number of carbonyl (C=O) groups is 1. The van der Waals surface area contributed by atoms with Gasteiger partial charge >= 0.3 is 0 Å². The maximum atomic E-state index is 12.8. The van der Waals surface area contributed by atoms with E-state index in [1.165, 1.54) is 0 Å². The first-order valence-electron chi connectivity index (χ1n) is 10.7. The summed E-state index contributed by atoms with van der Waals surface area (Å²) in [7, 11) is 0. The van der Waals surface area contributed by atoms with Gasteiger partial charge in [0, 0.05) is 37.3 Å². The SMILES string of the molecule is Cc1nc(C2CCCN2C(=O)CCC2CCCO2)[nH]c(=O)c1Cc1ccccc1. The summed E-state index contributed by atoms with van der Waals surface area (Å²) in [5.41, 5.74) is 2.41. The van der Waals surface area contributed by atoms with Crippen LogP contribution in [0.15, 0.2) is 35.1 Å². The van der Waals surface area contributed by atoms with Gasteiger partial charge in [-0.1, -0.05) is 30.3 Å². The first kappa shape index (κ1) is 19.8. The van der Waals surface area contributed by atoms with Gasteiger partial charge in [0.1, 0.15) is 5.82 Å². The van der Waals surface area contributed by atoms with Crippen LogP contribution in [0, 0.1) is 6.92 Å². The normalized spacial score (nSPS) is 21.6. The quantitative estimate of drug-likeness (QED) is 0.814. The molecule has 0 bridgehead atoms. The van der Waals surface area contributed by atoms with Crippen molar-refractivity contribution in [3.8, 4) is 0 Å². The Morgan fingerprint density at radius 2 is 2.07 bits per heavy atom. The van der Waals surface area contributed by atoms with Gasteiger partial charge in [-0.2, -0.15) is 0 Å². The molecule has 6 heteroatoms. The zero-order chi connectivity index (χ0) is 20.2. The molecule has 0 spiro atoms. The number of likely N-dealkylation sites (tertiary alicyclic amines) is 1. The molecule has 2 fully saturated rings. The number of nitrogens with zero attached hydrogens (tertiary/aromatic N) is 2. The summed E-state index contributed by atoms with van der Waals surface area (Å²) in [4.78, 5) is 35.2. The second kappa shape index (κ2) is 8.91. The van der Waals surface area contributed by atoms with E-state index in [1.807, 2.05) is 42.2 Å². The Balaban J connectivity index is 1.48. The van der Waals surface area contributed by atoms with E-state index >= 15 is 0 Å². The van der Waals surface area contributed by atoms with Crippen molar-refractivity contribution >= 4 is 5.91 Å². The van der Waals surface area contributed by atoms with Crippen LogP contribution in [-0.2, 0) is 16.0 Å². The molecule has 154 valence electrons. The standard InChI is InChI=1S/C23H29N3O3/c1-16-19(15-17-7-3-2-4-8-17)23(28)25-22(24-16)20-10-5-13-26(20)21(27)12-11-18-9-6-14-29-18/h2-4,7-8,18,20H,5-6,9-15H2,1H3,(H,24,25,28). The predicted octanol–water partition coefficient (Wildman–Crippen LogP) is 3.29. The molecule has 0 aliphatic carbocycles. The number of rotatable bonds is 6. The topological polar surface area (TPSA) is 75.3 Å². The van der Waals surface area contributed by atoms with Gasteiger partial charge in [-0.3, -0.25) is 9.59 Å². The highest BCUT2D eigenvalue weighted by atomic mass is 16.5. The summed E-state index contributed by atoms with van der Waals surface area (Å²) in [5, 5.41) is 0. The minimum atomic E-state index is -0.135. The van der Waals surface area contributed by atoms with Gasteiger partial charge in [-0.25, -0.2) is 4.98 Å². The predicted molar refractivity (Wildman–Crippen MR) is 111 cm³/mol. The molecule has 2 unspecified atom stereocenters. The number of benzene rings is 1. The molecule has 29 heavy (non-hydrogen) atoms. The minimum Gasteiger partial charge on any atom is -0.378 e. The second-order valence-corrected chi connectivity index (χ2v) is 8.10. The zero-order valence-electron chi connectivity index (χ0n) is 17.0. The van der Waals surface area contributed by atoms with Crippen LogP contribution in [0.25, 0.3) is 0 Å². The van der Waals surface area contributed by atoms with Crippen molar-refractivity contribution in [2.75, 3.05) is 13.2 Å². The fourth-order valence-electron chi connectivity index (χ4n) is 4.45. The number of aromatic nitrogens is 2. The van der Waals surface area contributed by atoms with Crippen LogP contribution in [0.1, 0.15) is 67.2 Å². The van der Waals surface area contributed by atoms with E-state index in [0.29, 0.717) is 24.2 Å². The molecule has 4 rings (SSSR count). The molecule has 0 radical (unpaired) electrons. The molecular weight excluding hydrogens is 366 g/mol. The van der Waals surface area contributed by atoms with Crippen LogP contribution >= 0.6 is 0 Å². The van der Waals surface area contributed by atoms with Crippen LogP contribution in [0.4, 0.5) is 0 Å². The molecule has 1 amide bonds. The highest BCUT2D eigenvalue weighted by molar-refractivity contribution is 5.77. The molecule has 2 aromatic rings. The fraction of sp³-hybridized carbons (Fsp3) is 0.522. The summed E-state index contributed by atoms with van der Waals surface area (Å²) in [6, 6.07) is 9.80. The smallest absolute Gasteiger partial charge is 0.254 e. The van der Waals surface area contributed by atoms with Gasteiger partial charge in [-0.05, 0) is 44.6 Å². The van der Waals surface area contributed by atoms with Crippen LogP contribution in [0.3, 0.4) is 0 Å². The Morgan fingerprint density at radius 1 is 1.24 bits per heavy atom. The third kappa shape index (κ3) is 4.58. The van der Waals surface area contributed by atoms with Gasteiger partial charge < -0.3 is 14.6 Å². The van der Waals surface area contributed by atoms with E-state index in [1.54, 1.807) is 0 Å². The monoisotopic (exact) mass is 395 g/mol. The number of nitrogens with one attached hydrogen (secondary N) is 1. The Kier molecular flexibility index (Phi) is 6.09. The number of H-pyrrole nitrogens is 1. The molecule has 1 aromatic carbocycles. The fourth-order valence-corrected chi connectivity index (χ4v) is 4.45. The largest absolute Gasteiger partial charge is 0.378 e. The number of hydrogen-bond acceptors (Lipinski definition) is 4. The lowest BCUT2D eigenvalue weighted by atomic mass is 10.0. The lowest BCUT2D eigenvalue weighted by molar-refractivity contribution is -0.132. The molecule has 2 saturated heterocycles. The summed E-state index contributed by atoms with van der Waals surface area (Å²) in [5.74, 6) is 0.754. The minimum absolute atomic E-state index is 0.102. The highest BCUT2D eigenvalue weighted by Gasteiger charge is 2.32. The molecule has 2 atom stereocenters. The van der Waals surface area contributed by atoms with Crippen molar-refractivity contribution in [3.63, 3.8) is 0 Å². The van der Waals surface area contributed by atoms with Crippen LogP contribution < -0.4 is 5.56 Å². The Hall–Kier alpha value is -2.47. The molecule has 6 nitrogen and oxygen atoms in total. The van der Waals surface area contributed by atoms with Crippen molar-refractivity contribution < 1.29 is 9.53 Å². The average molecular weight is 396 g/mol. The molecule has 3 heterocycles. The molecule has 2 aliphatic rings. The first-order chi connectivity index (χ1) is 14.1. The highest BCUT2D eigenvalue weighted by Crippen LogP contribution is 2.31. The molecule has 1 aromatic heterocycles. The van der Waals surface area contributed by atoms with E-state index in [9.17, 15) is 9.59 Å². The van der Waals surface area contributed by atoms with Crippen LogP contribution in [-0.4, -0.2) is 40.0 Å². The number of ether oxygens (including phenoxy) is 1. The van der Waals surface area contributed by atoms with E-state index in [-0.39, 0.29) is 23.6 Å². The summed E-state index contributed by atoms with van der Waals surface area (Å²) in [6.45, 7) is 3.42. The van der Waals surface area contributed by atoms with Gasteiger partial charge in [-0.15, -0.1) is 0 Å². The maximum Gasteiger partial charge on any atom is 0.254 e. The van der Waals surface area contributed by atoms with Gasteiger partial charge in [0.2, 0.25) is 5.91 Å². The van der Waals surface area contributed by atoms with E-state index in [2.05, 4.69) is 4.98 Å². The molecular formula is C23H29N3O3. The van der Waals surface area contributed by atoms with Crippen molar-refractivity contribution in [3.05, 3.63) is 63.3 Å². The molecule has 2 aliphatic heterocycles. The second-order valence-electron chi connectivity index (χ2n) is 8.10. The molecule has 0 saturated carbocycles. The van der Waals surface area contributed by atoms with E-state index in [4.69, 9.17) is 9.72 Å². The molecule has 1 N–H and O–H groups in total. The van der Waals surface area contributed by atoms with Gasteiger partial charge in [0.15, 0.2) is 0 Å². The number of carbonyl (C=O) groups excluding carboxylic acids is 1. The Bertz CT molecular complexity index is 903. The Morgan fingerprint density at radius 3 is 2.79 bits per heavy atom. The number of amides is 1.